The van der Waals surface area contributed by atoms with Crippen LogP contribution in [0, 0.1) is 13.8 Å². The highest BCUT2D eigenvalue weighted by atomic mass is 16.3. The number of hydrogen-bond donors (Lipinski definition) is 1. The topological polar surface area (TPSA) is 126 Å². The molecular weight excluding hydrogens is 486 g/mol. The van der Waals surface area contributed by atoms with Crippen LogP contribution in [0.4, 0.5) is 0 Å². The van der Waals surface area contributed by atoms with Gasteiger partial charge in [-0.25, -0.2) is 4.68 Å². The number of tetrazole rings is 1. The van der Waals surface area contributed by atoms with E-state index in [9.17, 15) is 9.59 Å². The van der Waals surface area contributed by atoms with Crippen molar-refractivity contribution < 1.29 is 13.6 Å². The highest BCUT2D eigenvalue weighted by Crippen LogP contribution is 2.29. The van der Waals surface area contributed by atoms with Gasteiger partial charge in [0.05, 0.1) is 18.0 Å². The molecule has 0 saturated carbocycles. The molecule has 1 amide bonds. The summed E-state index contributed by atoms with van der Waals surface area (Å²) in [6.45, 7) is 6.34. The molecule has 11 nitrogen and oxygen atoms in total. The fraction of sp³-hybridized carbons (Fsp3) is 0.296. The van der Waals surface area contributed by atoms with Gasteiger partial charge in [0.25, 0.3) is 11.5 Å². The van der Waals surface area contributed by atoms with Crippen molar-refractivity contribution in [2.45, 2.75) is 26.4 Å². The number of rotatable bonds is 6. The van der Waals surface area contributed by atoms with Crippen molar-refractivity contribution in [2.24, 2.45) is 0 Å². The Balaban J connectivity index is 1.39. The summed E-state index contributed by atoms with van der Waals surface area (Å²) in [7, 11) is 0. The van der Waals surface area contributed by atoms with Gasteiger partial charge in [-0.1, -0.05) is 11.6 Å². The number of nitrogens with one attached hydrogen (secondary N) is 1. The van der Waals surface area contributed by atoms with Crippen molar-refractivity contribution in [3.05, 3.63) is 99.4 Å². The lowest BCUT2D eigenvalue weighted by atomic mass is 10.00. The molecule has 5 aromatic rings. The zero-order chi connectivity index (χ0) is 26.2. The molecule has 38 heavy (non-hydrogen) atoms. The smallest absolute Gasteiger partial charge is 0.289 e. The zero-order valence-corrected chi connectivity index (χ0v) is 21.1. The van der Waals surface area contributed by atoms with E-state index in [1.165, 1.54) is 6.26 Å². The van der Waals surface area contributed by atoms with Crippen molar-refractivity contribution in [2.75, 3.05) is 26.2 Å². The minimum atomic E-state index is -0.533. The van der Waals surface area contributed by atoms with Gasteiger partial charge in [-0.3, -0.25) is 14.5 Å². The standard InChI is InChI=1S/C27H27N7O4/c1-17-13-18(2)23-19(14-17)15-21(26(35)28-23)24(25-29-30-31-34(25)16-20-5-3-11-37-20)32-7-9-33(10-8-32)27(36)22-6-4-12-38-22/h3-6,11-15,24H,7-10,16H2,1-2H3,(H,28,35)/t24-/m0/s1. The van der Waals surface area contributed by atoms with Crippen LogP contribution in [0.1, 0.15) is 44.9 Å². The Bertz CT molecular complexity index is 1630. The predicted octanol–water partition coefficient (Wildman–Crippen LogP) is 2.91. The monoisotopic (exact) mass is 513 g/mol. The number of amides is 1. The number of benzene rings is 1. The summed E-state index contributed by atoms with van der Waals surface area (Å²) in [6, 6.07) is 12.5. The molecular formula is C27H27N7O4. The van der Waals surface area contributed by atoms with Crippen LogP contribution in [0.25, 0.3) is 10.9 Å². The normalized spacial score (nSPS) is 15.3. The first-order valence-electron chi connectivity index (χ1n) is 12.5. The van der Waals surface area contributed by atoms with E-state index < -0.39 is 6.04 Å². The second kappa shape index (κ2) is 9.75. The number of carbonyl (C=O) groups excluding carboxylic acids is 1. The molecule has 0 aliphatic carbocycles. The summed E-state index contributed by atoms with van der Waals surface area (Å²) >= 11 is 0. The molecule has 1 aliphatic heterocycles. The summed E-state index contributed by atoms with van der Waals surface area (Å²) in [5.74, 6) is 1.39. The maximum absolute atomic E-state index is 13.6. The minimum absolute atomic E-state index is 0.150. The Morgan fingerprint density at radius 1 is 1.05 bits per heavy atom. The first kappa shape index (κ1) is 23.9. The molecule has 0 unspecified atom stereocenters. The zero-order valence-electron chi connectivity index (χ0n) is 21.1. The molecule has 5 heterocycles. The lowest BCUT2D eigenvalue weighted by molar-refractivity contribution is 0.0558. The fourth-order valence-corrected chi connectivity index (χ4v) is 5.22. The molecule has 6 rings (SSSR count). The van der Waals surface area contributed by atoms with E-state index in [1.807, 2.05) is 32.0 Å². The van der Waals surface area contributed by atoms with E-state index >= 15 is 0 Å². The Morgan fingerprint density at radius 3 is 2.58 bits per heavy atom. The number of piperazine rings is 1. The van der Waals surface area contributed by atoms with E-state index in [-0.39, 0.29) is 11.5 Å². The SMILES string of the molecule is Cc1cc(C)c2[nH]c(=O)c([C@@H](c3nnnn3Cc3ccco3)N3CCN(C(=O)c4ccco4)CC3)cc2c1. The quantitative estimate of drug-likeness (QED) is 0.367. The summed E-state index contributed by atoms with van der Waals surface area (Å²) in [6.07, 6.45) is 3.10. The predicted molar refractivity (Wildman–Crippen MR) is 138 cm³/mol. The van der Waals surface area contributed by atoms with E-state index in [2.05, 4.69) is 37.5 Å². The number of H-pyrrole nitrogens is 1. The van der Waals surface area contributed by atoms with Gasteiger partial charge in [0, 0.05) is 31.7 Å². The number of aryl methyl sites for hydroxylation is 2. The molecule has 1 N–H and O–H groups in total. The van der Waals surface area contributed by atoms with Crippen LogP contribution >= 0.6 is 0 Å². The average molecular weight is 514 g/mol. The maximum atomic E-state index is 13.6. The Morgan fingerprint density at radius 2 is 1.84 bits per heavy atom. The highest BCUT2D eigenvalue weighted by molar-refractivity contribution is 5.91. The Hall–Kier alpha value is -4.51. The summed E-state index contributed by atoms with van der Waals surface area (Å²) < 4.78 is 12.5. The Kier molecular flexibility index (Phi) is 6.12. The summed E-state index contributed by atoms with van der Waals surface area (Å²) in [5, 5.41) is 13.5. The second-order valence-corrected chi connectivity index (χ2v) is 9.58. The Labute approximate surface area is 217 Å². The average Bonchev–Trinajstić information content (AvgIpc) is 3.70. The lowest BCUT2D eigenvalue weighted by Crippen LogP contribution is -2.50. The van der Waals surface area contributed by atoms with Gasteiger partial charge >= 0.3 is 0 Å². The number of carbonyl (C=O) groups is 1. The molecule has 0 bridgehead atoms. The van der Waals surface area contributed by atoms with Gasteiger partial charge in [0.2, 0.25) is 0 Å². The summed E-state index contributed by atoms with van der Waals surface area (Å²) in [4.78, 5) is 33.4. The number of aromatic nitrogens is 5. The number of furan rings is 2. The summed E-state index contributed by atoms with van der Waals surface area (Å²) in [5.41, 5.74) is 3.28. The van der Waals surface area contributed by atoms with Crippen LogP contribution in [0.2, 0.25) is 0 Å². The van der Waals surface area contributed by atoms with Crippen LogP contribution in [0.5, 0.6) is 0 Å². The van der Waals surface area contributed by atoms with Crippen LogP contribution < -0.4 is 5.56 Å². The van der Waals surface area contributed by atoms with E-state index in [4.69, 9.17) is 8.83 Å². The van der Waals surface area contributed by atoms with E-state index in [0.29, 0.717) is 55.6 Å². The van der Waals surface area contributed by atoms with Gasteiger partial charge in [0.15, 0.2) is 11.6 Å². The number of fused-ring (bicyclic) bond motifs is 1. The first-order chi connectivity index (χ1) is 18.5. The third kappa shape index (κ3) is 4.41. The highest BCUT2D eigenvalue weighted by Gasteiger charge is 2.34. The van der Waals surface area contributed by atoms with Gasteiger partial charge in [0.1, 0.15) is 18.3 Å². The van der Waals surface area contributed by atoms with Crippen LogP contribution in [-0.4, -0.2) is 67.1 Å². The number of aromatic amines is 1. The maximum Gasteiger partial charge on any atom is 0.289 e. The molecule has 1 saturated heterocycles. The third-order valence-corrected chi connectivity index (χ3v) is 7.01. The van der Waals surface area contributed by atoms with Crippen molar-refractivity contribution in [1.82, 2.24) is 35.0 Å². The number of hydrogen-bond acceptors (Lipinski definition) is 8. The van der Waals surface area contributed by atoms with E-state index in [0.717, 1.165) is 22.0 Å². The van der Waals surface area contributed by atoms with E-state index in [1.54, 1.807) is 28.0 Å². The number of nitrogens with zero attached hydrogens (tertiary/aromatic N) is 6. The third-order valence-electron chi connectivity index (χ3n) is 7.01. The van der Waals surface area contributed by atoms with Crippen LogP contribution in [0.15, 0.2) is 68.6 Å². The first-order valence-corrected chi connectivity index (χ1v) is 12.5. The van der Waals surface area contributed by atoms with Gasteiger partial charge in [-0.05, 0) is 71.6 Å². The molecule has 0 radical (unpaired) electrons. The van der Waals surface area contributed by atoms with Gasteiger partial charge in [-0.15, -0.1) is 5.10 Å². The molecule has 194 valence electrons. The minimum Gasteiger partial charge on any atom is -0.467 e. The number of pyridine rings is 1. The van der Waals surface area contributed by atoms with Gasteiger partial charge in [-0.2, -0.15) is 0 Å². The molecule has 1 aliphatic rings. The molecule has 4 aromatic heterocycles. The van der Waals surface area contributed by atoms with Crippen molar-refractivity contribution >= 4 is 16.8 Å². The van der Waals surface area contributed by atoms with Crippen molar-refractivity contribution in [3.63, 3.8) is 0 Å². The van der Waals surface area contributed by atoms with Crippen molar-refractivity contribution in [1.29, 1.82) is 0 Å². The van der Waals surface area contributed by atoms with Crippen molar-refractivity contribution in [3.8, 4) is 0 Å². The lowest BCUT2D eigenvalue weighted by Gasteiger charge is -2.38. The molecule has 1 fully saturated rings. The van der Waals surface area contributed by atoms with Crippen LogP contribution in [-0.2, 0) is 6.54 Å². The fourth-order valence-electron chi connectivity index (χ4n) is 5.22. The second-order valence-electron chi connectivity index (χ2n) is 9.58. The molecule has 1 aromatic carbocycles. The van der Waals surface area contributed by atoms with Gasteiger partial charge < -0.3 is 18.7 Å². The molecule has 11 heteroatoms. The van der Waals surface area contributed by atoms with Crippen LogP contribution in [0.3, 0.4) is 0 Å². The molecule has 1 atom stereocenters. The largest absolute Gasteiger partial charge is 0.467 e. The molecule has 0 spiro atoms.